The summed E-state index contributed by atoms with van der Waals surface area (Å²) in [5.74, 6) is 2.85. The lowest BCUT2D eigenvalue weighted by Crippen LogP contribution is -2.35. The van der Waals surface area contributed by atoms with Gasteiger partial charge in [0.25, 0.3) is 0 Å². The number of rotatable bonds is 15. The lowest BCUT2D eigenvalue weighted by molar-refractivity contribution is -0.137. The van der Waals surface area contributed by atoms with Gasteiger partial charge in [-0.1, -0.05) is 59.0 Å². The SMILES string of the molecule is Cc1c(C)c2c(c(C)c1OCCCCCCC(=O)O)CCC(C)(C=CCC(C)CCCC(C)C)O2. The van der Waals surface area contributed by atoms with Crippen LogP contribution in [0.4, 0.5) is 0 Å². The minimum atomic E-state index is -0.711. The zero-order chi connectivity index (χ0) is 26.0. The number of carboxylic acids is 1. The number of unbranched alkanes of at least 4 members (excludes halogenated alkanes) is 3. The summed E-state index contributed by atoms with van der Waals surface area (Å²) >= 11 is 0. The third-order valence-corrected chi connectivity index (χ3v) is 7.54. The van der Waals surface area contributed by atoms with Crippen LogP contribution in [-0.2, 0) is 11.2 Å². The first-order valence-electron chi connectivity index (χ1n) is 13.9. The van der Waals surface area contributed by atoms with Crippen molar-refractivity contribution >= 4 is 5.97 Å². The number of benzene rings is 1. The fourth-order valence-corrected chi connectivity index (χ4v) is 5.03. The monoisotopic (exact) mass is 486 g/mol. The molecule has 1 aromatic rings. The van der Waals surface area contributed by atoms with Crippen molar-refractivity contribution in [2.45, 2.75) is 125 Å². The lowest BCUT2D eigenvalue weighted by atomic mass is 9.86. The molecule has 0 radical (unpaired) electrons. The molecule has 4 nitrogen and oxygen atoms in total. The minimum absolute atomic E-state index is 0.257. The molecule has 2 rings (SSSR count). The Morgan fingerprint density at radius 3 is 2.43 bits per heavy atom. The molecular formula is C31H50O4. The van der Waals surface area contributed by atoms with Gasteiger partial charge in [-0.25, -0.2) is 0 Å². The average Bonchev–Trinajstić information content (AvgIpc) is 2.78. The van der Waals surface area contributed by atoms with E-state index in [1.165, 1.54) is 41.5 Å². The van der Waals surface area contributed by atoms with Gasteiger partial charge in [-0.3, -0.25) is 4.79 Å². The molecule has 1 heterocycles. The largest absolute Gasteiger partial charge is 0.493 e. The standard InChI is InChI=1S/C31H50O4/c1-22(2)14-12-15-23(3)16-13-19-31(7)20-18-27-26(6)29(24(4)25(5)30(27)35-31)34-21-11-9-8-10-17-28(32)33/h13,19,22-23H,8-12,14-18,20-21H2,1-7H3,(H,32,33). The van der Waals surface area contributed by atoms with Crippen LogP contribution < -0.4 is 9.47 Å². The fraction of sp³-hybridized carbons (Fsp3) is 0.710. The maximum Gasteiger partial charge on any atom is 0.303 e. The van der Waals surface area contributed by atoms with Gasteiger partial charge in [0.1, 0.15) is 17.1 Å². The van der Waals surface area contributed by atoms with Crippen LogP contribution in [0.3, 0.4) is 0 Å². The molecule has 0 aliphatic carbocycles. The second-order valence-electron chi connectivity index (χ2n) is 11.4. The summed E-state index contributed by atoms with van der Waals surface area (Å²) in [4.78, 5) is 10.6. The van der Waals surface area contributed by atoms with E-state index in [0.29, 0.717) is 12.5 Å². The molecule has 0 spiro atoms. The van der Waals surface area contributed by atoms with E-state index in [4.69, 9.17) is 14.6 Å². The molecule has 198 valence electrons. The summed E-state index contributed by atoms with van der Waals surface area (Å²) in [5, 5.41) is 8.75. The van der Waals surface area contributed by atoms with Gasteiger partial charge in [0.05, 0.1) is 6.61 Å². The number of allylic oxidation sites excluding steroid dienone is 1. The Morgan fingerprint density at radius 1 is 1.03 bits per heavy atom. The van der Waals surface area contributed by atoms with E-state index in [9.17, 15) is 4.79 Å². The topological polar surface area (TPSA) is 55.8 Å². The molecule has 0 aromatic heterocycles. The van der Waals surface area contributed by atoms with Gasteiger partial charge in [-0.05, 0) is 94.4 Å². The van der Waals surface area contributed by atoms with Crippen molar-refractivity contribution < 1.29 is 19.4 Å². The van der Waals surface area contributed by atoms with Crippen LogP contribution in [0.5, 0.6) is 11.5 Å². The molecule has 4 heteroatoms. The quantitative estimate of drug-likeness (QED) is 0.199. The number of fused-ring (bicyclic) bond motifs is 1. The van der Waals surface area contributed by atoms with Crippen molar-refractivity contribution in [2.75, 3.05) is 6.61 Å². The van der Waals surface area contributed by atoms with Gasteiger partial charge in [-0.2, -0.15) is 0 Å². The Labute approximate surface area is 214 Å². The smallest absolute Gasteiger partial charge is 0.303 e. The first-order chi connectivity index (χ1) is 16.5. The predicted molar refractivity (Wildman–Crippen MR) is 146 cm³/mol. The number of ether oxygens (including phenoxy) is 2. The van der Waals surface area contributed by atoms with Gasteiger partial charge < -0.3 is 14.6 Å². The van der Waals surface area contributed by atoms with Gasteiger partial charge in [0.15, 0.2) is 0 Å². The minimum Gasteiger partial charge on any atom is -0.493 e. The van der Waals surface area contributed by atoms with E-state index in [1.807, 2.05) is 0 Å². The van der Waals surface area contributed by atoms with Crippen LogP contribution in [0.2, 0.25) is 0 Å². The maximum absolute atomic E-state index is 10.6. The number of carboxylic acid groups (broad SMARTS) is 1. The number of aliphatic carboxylic acids is 1. The van der Waals surface area contributed by atoms with Crippen LogP contribution >= 0.6 is 0 Å². The zero-order valence-electron chi connectivity index (χ0n) is 23.5. The molecule has 35 heavy (non-hydrogen) atoms. The summed E-state index contributed by atoms with van der Waals surface area (Å²) in [6, 6.07) is 0. The van der Waals surface area contributed by atoms with Gasteiger partial charge in [0.2, 0.25) is 0 Å². The molecular weight excluding hydrogens is 436 g/mol. The summed E-state index contributed by atoms with van der Waals surface area (Å²) in [6.45, 7) is 16.3. The Balaban J connectivity index is 1.95. The first-order valence-corrected chi connectivity index (χ1v) is 13.9. The van der Waals surface area contributed by atoms with Crippen LogP contribution in [0.25, 0.3) is 0 Å². The van der Waals surface area contributed by atoms with Crippen LogP contribution in [0.15, 0.2) is 12.2 Å². The molecule has 0 saturated carbocycles. The van der Waals surface area contributed by atoms with E-state index < -0.39 is 5.97 Å². The third kappa shape index (κ3) is 9.20. The van der Waals surface area contributed by atoms with E-state index in [2.05, 4.69) is 60.6 Å². The van der Waals surface area contributed by atoms with Crippen molar-refractivity contribution in [1.82, 2.24) is 0 Å². The van der Waals surface area contributed by atoms with Crippen molar-refractivity contribution in [1.29, 1.82) is 0 Å². The highest BCUT2D eigenvalue weighted by Crippen LogP contribution is 2.44. The number of hydrogen-bond acceptors (Lipinski definition) is 3. The van der Waals surface area contributed by atoms with E-state index in [0.717, 1.165) is 62.4 Å². The van der Waals surface area contributed by atoms with Gasteiger partial charge in [-0.15, -0.1) is 0 Å². The second-order valence-corrected chi connectivity index (χ2v) is 11.4. The van der Waals surface area contributed by atoms with Crippen molar-refractivity contribution in [3.8, 4) is 11.5 Å². The molecule has 0 bridgehead atoms. The molecule has 2 unspecified atom stereocenters. The Hall–Kier alpha value is -1.97. The van der Waals surface area contributed by atoms with E-state index in [1.54, 1.807) is 0 Å². The molecule has 0 amide bonds. The Bertz CT molecular complexity index is 854. The van der Waals surface area contributed by atoms with Crippen LogP contribution in [0, 0.1) is 32.6 Å². The molecule has 1 aliphatic rings. The second kappa shape index (κ2) is 13.9. The highest BCUT2D eigenvalue weighted by atomic mass is 16.5. The number of hydrogen-bond donors (Lipinski definition) is 1. The summed E-state index contributed by atoms with van der Waals surface area (Å²) < 4.78 is 12.9. The first kappa shape index (κ1) is 29.3. The van der Waals surface area contributed by atoms with Crippen molar-refractivity contribution in [3.63, 3.8) is 0 Å². The van der Waals surface area contributed by atoms with Crippen LogP contribution in [0.1, 0.15) is 114 Å². The highest BCUT2D eigenvalue weighted by molar-refractivity contribution is 5.66. The lowest BCUT2D eigenvalue weighted by Gasteiger charge is -2.36. The molecule has 0 saturated heterocycles. The van der Waals surface area contributed by atoms with Gasteiger partial charge >= 0.3 is 5.97 Å². The normalized spacial score (nSPS) is 18.5. The Kier molecular flexibility index (Phi) is 11.7. The summed E-state index contributed by atoms with van der Waals surface area (Å²) in [6.07, 6.45) is 15.6. The summed E-state index contributed by atoms with van der Waals surface area (Å²) in [7, 11) is 0. The maximum atomic E-state index is 10.6. The predicted octanol–water partition coefficient (Wildman–Crippen LogP) is 8.52. The molecule has 0 fully saturated rings. The Morgan fingerprint density at radius 2 is 1.74 bits per heavy atom. The van der Waals surface area contributed by atoms with Crippen LogP contribution in [-0.4, -0.2) is 23.3 Å². The third-order valence-electron chi connectivity index (χ3n) is 7.54. The van der Waals surface area contributed by atoms with E-state index >= 15 is 0 Å². The van der Waals surface area contributed by atoms with E-state index in [-0.39, 0.29) is 12.0 Å². The van der Waals surface area contributed by atoms with Gasteiger partial charge in [0, 0.05) is 12.0 Å². The molecule has 1 N–H and O–H groups in total. The van der Waals surface area contributed by atoms with Crippen molar-refractivity contribution in [2.24, 2.45) is 11.8 Å². The fourth-order valence-electron chi connectivity index (χ4n) is 5.03. The molecule has 1 aromatic carbocycles. The average molecular weight is 487 g/mol. The summed E-state index contributed by atoms with van der Waals surface area (Å²) in [5.41, 5.74) is 4.59. The highest BCUT2D eigenvalue weighted by Gasteiger charge is 2.32. The molecule has 1 aliphatic heterocycles. The number of carbonyl (C=O) groups is 1. The molecule has 2 atom stereocenters. The zero-order valence-corrected chi connectivity index (χ0v) is 23.5. The van der Waals surface area contributed by atoms with Crippen molar-refractivity contribution in [3.05, 3.63) is 34.4 Å².